The summed E-state index contributed by atoms with van der Waals surface area (Å²) in [6, 6.07) is 7.31. The molecule has 0 saturated carbocycles. The molecule has 1 aromatic carbocycles. The SMILES string of the molecule is CCOc1cccc(CNC(=O)N2CCC(C)(C(=O)O)C2)c1. The molecule has 0 bridgehead atoms. The van der Waals surface area contributed by atoms with Gasteiger partial charge >= 0.3 is 12.0 Å². The van der Waals surface area contributed by atoms with Gasteiger partial charge in [-0.1, -0.05) is 12.1 Å². The second-order valence-electron chi connectivity index (χ2n) is 5.78. The first-order valence-corrected chi connectivity index (χ1v) is 7.42. The van der Waals surface area contributed by atoms with Gasteiger partial charge in [0, 0.05) is 19.6 Å². The van der Waals surface area contributed by atoms with Gasteiger partial charge in [-0.2, -0.15) is 0 Å². The predicted molar refractivity (Wildman–Crippen MR) is 81.8 cm³/mol. The number of hydrogen-bond donors (Lipinski definition) is 2. The zero-order valence-electron chi connectivity index (χ0n) is 13.0. The predicted octanol–water partition coefficient (Wildman–Crippen LogP) is 2.09. The molecule has 1 aliphatic heterocycles. The van der Waals surface area contributed by atoms with Crippen molar-refractivity contribution in [2.75, 3.05) is 19.7 Å². The molecular weight excluding hydrogens is 284 g/mol. The van der Waals surface area contributed by atoms with E-state index < -0.39 is 11.4 Å². The van der Waals surface area contributed by atoms with Gasteiger partial charge in [0.1, 0.15) is 5.75 Å². The smallest absolute Gasteiger partial charge is 0.317 e. The van der Waals surface area contributed by atoms with Crippen molar-refractivity contribution in [2.45, 2.75) is 26.8 Å². The van der Waals surface area contributed by atoms with E-state index in [1.54, 1.807) is 11.8 Å². The van der Waals surface area contributed by atoms with Crippen molar-refractivity contribution in [1.29, 1.82) is 0 Å². The maximum atomic E-state index is 12.1. The van der Waals surface area contributed by atoms with Crippen molar-refractivity contribution in [2.24, 2.45) is 5.41 Å². The molecule has 1 atom stereocenters. The molecule has 2 rings (SSSR count). The number of nitrogens with zero attached hydrogens (tertiary/aromatic N) is 1. The van der Waals surface area contributed by atoms with E-state index in [2.05, 4.69) is 5.32 Å². The fourth-order valence-corrected chi connectivity index (χ4v) is 2.51. The summed E-state index contributed by atoms with van der Waals surface area (Å²) in [5, 5.41) is 12.0. The Balaban J connectivity index is 1.88. The molecule has 1 saturated heterocycles. The summed E-state index contributed by atoms with van der Waals surface area (Å²) in [6.45, 7) is 5.29. The Kier molecular flexibility index (Phi) is 4.90. The fraction of sp³-hybridized carbons (Fsp3) is 0.500. The maximum Gasteiger partial charge on any atom is 0.317 e. The summed E-state index contributed by atoms with van der Waals surface area (Å²) in [5.74, 6) is -0.0823. The lowest BCUT2D eigenvalue weighted by atomic mass is 9.90. The van der Waals surface area contributed by atoms with E-state index in [1.807, 2.05) is 31.2 Å². The van der Waals surface area contributed by atoms with Crippen LogP contribution in [0.5, 0.6) is 5.75 Å². The molecule has 2 amide bonds. The quantitative estimate of drug-likeness (QED) is 0.873. The summed E-state index contributed by atoms with van der Waals surface area (Å²) in [6.07, 6.45) is 0.482. The van der Waals surface area contributed by atoms with Crippen molar-refractivity contribution in [1.82, 2.24) is 10.2 Å². The molecule has 6 heteroatoms. The van der Waals surface area contributed by atoms with E-state index in [0.29, 0.717) is 26.1 Å². The number of carbonyl (C=O) groups is 2. The standard InChI is InChI=1S/C16H22N2O4/c1-3-22-13-6-4-5-12(9-13)10-17-15(21)18-8-7-16(2,11-18)14(19)20/h4-6,9H,3,7-8,10-11H2,1-2H3,(H,17,21)(H,19,20). The molecule has 0 radical (unpaired) electrons. The van der Waals surface area contributed by atoms with Crippen molar-refractivity contribution < 1.29 is 19.4 Å². The average molecular weight is 306 g/mol. The summed E-state index contributed by atoms with van der Waals surface area (Å²) < 4.78 is 5.42. The molecule has 120 valence electrons. The highest BCUT2D eigenvalue weighted by Gasteiger charge is 2.42. The number of carbonyl (C=O) groups excluding carboxylic acids is 1. The number of benzene rings is 1. The number of carboxylic acid groups (broad SMARTS) is 1. The Morgan fingerprint density at radius 2 is 2.23 bits per heavy atom. The third kappa shape index (κ3) is 3.69. The van der Waals surface area contributed by atoms with Crippen molar-refractivity contribution in [3.05, 3.63) is 29.8 Å². The molecule has 1 aliphatic rings. The number of likely N-dealkylation sites (tertiary alicyclic amines) is 1. The Labute approximate surface area is 130 Å². The highest BCUT2D eigenvalue weighted by Crippen LogP contribution is 2.30. The highest BCUT2D eigenvalue weighted by molar-refractivity contribution is 5.79. The highest BCUT2D eigenvalue weighted by atomic mass is 16.5. The van der Waals surface area contributed by atoms with E-state index in [4.69, 9.17) is 4.74 Å². The summed E-state index contributed by atoms with van der Waals surface area (Å²) >= 11 is 0. The van der Waals surface area contributed by atoms with Crippen LogP contribution in [0.3, 0.4) is 0 Å². The van der Waals surface area contributed by atoms with Crippen LogP contribution < -0.4 is 10.1 Å². The Hall–Kier alpha value is -2.24. The number of aliphatic carboxylic acids is 1. The van der Waals surface area contributed by atoms with Gasteiger partial charge < -0.3 is 20.1 Å². The zero-order chi connectivity index (χ0) is 16.2. The van der Waals surface area contributed by atoms with Crippen molar-refractivity contribution in [3.8, 4) is 5.75 Å². The fourth-order valence-electron chi connectivity index (χ4n) is 2.51. The lowest BCUT2D eigenvalue weighted by Crippen LogP contribution is -2.40. The van der Waals surface area contributed by atoms with E-state index in [-0.39, 0.29) is 12.6 Å². The number of carboxylic acids is 1. The van der Waals surface area contributed by atoms with E-state index in [9.17, 15) is 14.7 Å². The third-order valence-corrected chi connectivity index (χ3v) is 3.93. The van der Waals surface area contributed by atoms with E-state index >= 15 is 0 Å². The Morgan fingerprint density at radius 3 is 2.86 bits per heavy atom. The van der Waals surface area contributed by atoms with Gasteiger partial charge in [0.25, 0.3) is 0 Å². The summed E-state index contributed by atoms with van der Waals surface area (Å²) in [5.41, 5.74) is 0.103. The minimum Gasteiger partial charge on any atom is -0.494 e. The van der Waals surface area contributed by atoms with E-state index in [1.165, 1.54) is 0 Å². The molecule has 0 aromatic heterocycles. The van der Waals surface area contributed by atoms with Crippen LogP contribution in [-0.4, -0.2) is 41.7 Å². The number of amides is 2. The van der Waals surface area contributed by atoms with Crippen LogP contribution >= 0.6 is 0 Å². The van der Waals surface area contributed by atoms with Gasteiger partial charge in [-0.3, -0.25) is 4.79 Å². The maximum absolute atomic E-state index is 12.1. The molecule has 1 fully saturated rings. The van der Waals surface area contributed by atoms with Crippen LogP contribution in [0.15, 0.2) is 24.3 Å². The van der Waals surface area contributed by atoms with Gasteiger partial charge in [0.05, 0.1) is 12.0 Å². The minimum atomic E-state index is -0.854. The van der Waals surface area contributed by atoms with E-state index in [0.717, 1.165) is 11.3 Å². The number of urea groups is 1. The molecule has 2 N–H and O–H groups in total. The molecule has 22 heavy (non-hydrogen) atoms. The van der Waals surface area contributed by atoms with Crippen LogP contribution in [0.4, 0.5) is 4.79 Å². The van der Waals surface area contributed by atoms with Gasteiger partial charge in [-0.25, -0.2) is 4.79 Å². The molecule has 1 unspecified atom stereocenters. The summed E-state index contributed by atoms with van der Waals surface area (Å²) in [7, 11) is 0. The normalized spacial score (nSPS) is 20.7. The summed E-state index contributed by atoms with van der Waals surface area (Å²) in [4.78, 5) is 24.9. The monoisotopic (exact) mass is 306 g/mol. The first kappa shape index (κ1) is 16.1. The Bertz CT molecular complexity index is 561. The molecule has 6 nitrogen and oxygen atoms in total. The number of hydrogen-bond acceptors (Lipinski definition) is 3. The molecule has 0 aliphatic carbocycles. The third-order valence-electron chi connectivity index (χ3n) is 3.93. The number of rotatable bonds is 5. The van der Waals surface area contributed by atoms with Crippen LogP contribution in [-0.2, 0) is 11.3 Å². The molecule has 0 spiro atoms. The largest absolute Gasteiger partial charge is 0.494 e. The second kappa shape index (κ2) is 6.68. The van der Waals surface area contributed by atoms with Crippen LogP contribution in [0.1, 0.15) is 25.8 Å². The first-order valence-electron chi connectivity index (χ1n) is 7.42. The topological polar surface area (TPSA) is 78.9 Å². The van der Waals surface area contributed by atoms with Gasteiger partial charge in [0.2, 0.25) is 0 Å². The van der Waals surface area contributed by atoms with Crippen LogP contribution in [0, 0.1) is 5.41 Å². The molecule has 1 aromatic rings. The lowest BCUT2D eigenvalue weighted by Gasteiger charge is -2.20. The minimum absolute atomic E-state index is 0.230. The molecular formula is C16H22N2O4. The van der Waals surface area contributed by atoms with Gasteiger partial charge in [-0.05, 0) is 38.0 Å². The first-order chi connectivity index (χ1) is 10.4. The average Bonchev–Trinajstić information content (AvgIpc) is 2.90. The second-order valence-corrected chi connectivity index (χ2v) is 5.78. The van der Waals surface area contributed by atoms with Crippen molar-refractivity contribution >= 4 is 12.0 Å². The van der Waals surface area contributed by atoms with Crippen LogP contribution in [0.25, 0.3) is 0 Å². The van der Waals surface area contributed by atoms with Gasteiger partial charge in [0.15, 0.2) is 0 Å². The van der Waals surface area contributed by atoms with Crippen LogP contribution in [0.2, 0.25) is 0 Å². The number of ether oxygens (including phenoxy) is 1. The van der Waals surface area contributed by atoms with Gasteiger partial charge in [-0.15, -0.1) is 0 Å². The zero-order valence-corrected chi connectivity index (χ0v) is 13.0. The Morgan fingerprint density at radius 1 is 1.45 bits per heavy atom. The van der Waals surface area contributed by atoms with Crippen molar-refractivity contribution in [3.63, 3.8) is 0 Å². The number of nitrogens with one attached hydrogen (secondary N) is 1. The molecule has 1 heterocycles. The lowest BCUT2D eigenvalue weighted by molar-refractivity contribution is -0.147.